The van der Waals surface area contributed by atoms with Gasteiger partial charge in [-0.05, 0) is 57.8 Å². The summed E-state index contributed by atoms with van der Waals surface area (Å²) in [7, 11) is 0. The molecule has 11 atom stereocenters. The van der Waals surface area contributed by atoms with Crippen LogP contribution in [0.15, 0.2) is 24.3 Å². The van der Waals surface area contributed by atoms with E-state index in [4.69, 9.17) is 28.4 Å². The molecule has 0 bridgehead atoms. The van der Waals surface area contributed by atoms with Crippen molar-refractivity contribution in [2.24, 2.45) is 0 Å². The maximum atomic E-state index is 12.9. The Morgan fingerprint density at radius 1 is 0.542 bits per heavy atom. The number of rotatable bonds is 35. The molecular weight excluding hydrogens is 764 g/mol. The van der Waals surface area contributed by atoms with Crippen LogP contribution in [0.2, 0.25) is 0 Å². The van der Waals surface area contributed by atoms with Crippen LogP contribution in [0.1, 0.15) is 155 Å². The van der Waals surface area contributed by atoms with Crippen LogP contribution in [0, 0.1) is 0 Å². The summed E-state index contributed by atoms with van der Waals surface area (Å²) in [6.45, 7) is 3.58. The fraction of sp³-hybridized carbons (Fsp3) is 0.889. The highest BCUT2D eigenvalue weighted by molar-refractivity contribution is 5.69. The summed E-state index contributed by atoms with van der Waals surface area (Å²) in [6, 6.07) is 0. The monoisotopic (exact) mass is 847 g/mol. The number of allylic oxidation sites excluding steroid dienone is 4. The third kappa shape index (κ3) is 22.9. The van der Waals surface area contributed by atoms with Crippen LogP contribution in [0.25, 0.3) is 0 Å². The van der Waals surface area contributed by atoms with Gasteiger partial charge in [0.2, 0.25) is 0 Å². The molecule has 2 aliphatic rings. The van der Waals surface area contributed by atoms with Crippen molar-refractivity contribution >= 4 is 5.97 Å². The molecule has 2 heterocycles. The van der Waals surface area contributed by atoms with Gasteiger partial charge in [-0.3, -0.25) is 4.79 Å². The summed E-state index contributed by atoms with van der Waals surface area (Å²) >= 11 is 0. The van der Waals surface area contributed by atoms with E-state index in [1.165, 1.54) is 57.8 Å². The lowest BCUT2D eigenvalue weighted by molar-refractivity contribution is -0.332. The summed E-state index contributed by atoms with van der Waals surface area (Å²) in [4.78, 5) is 12.9. The Balaban J connectivity index is 1.82. The lowest BCUT2D eigenvalue weighted by atomic mass is 9.98. The van der Waals surface area contributed by atoms with Crippen molar-refractivity contribution in [3.05, 3.63) is 24.3 Å². The fourth-order valence-corrected chi connectivity index (χ4v) is 7.10. The first-order valence-corrected chi connectivity index (χ1v) is 22.9. The standard InChI is InChI=1S/C45H82O14/c1-3-5-7-9-11-13-15-16-17-18-20-22-24-26-28-37(47)57-34(31-54-29-27-25-23-21-19-14-12-10-8-6-4-2)32-55-44-43(53)41(51)39(49)36(59-44)33-56-45-42(52)40(50)38(48)35(30-46)58-45/h8,10,15-16,34-36,38-46,48-53H,3-7,9,11-14,17-33H2,1-2H3/b10-8-,16-15-. The predicted molar refractivity (Wildman–Crippen MR) is 224 cm³/mol. The Morgan fingerprint density at radius 2 is 1.03 bits per heavy atom. The second-order valence-corrected chi connectivity index (χ2v) is 16.2. The van der Waals surface area contributed by atoms with E-state index in [2.05, 4.69) is 38.2 Å². The Kier molecular flexibility index (Phi) is 30.9. The molecule has 0 aromatic rings. The Bertz CT molecular complexity index is 1080. The first-order valence-electron chi connectivity index (χ1n) is 22.9. The second-order valence-electron chi connectivity index (χ2n) is 16.2. The predicted octanol–water partition coefficient (Wildman–Crippen LogP) is 5.29. The van der Waals surface area contributed by atoms with Gasteiger partial charge >= 0.3 is 5.97 Å². The molecule has 0 radical (unpaired) electrons. The lowest BCUT2D eigenvalue weighted by Gasteiger charge is -2.42. The van der Waals surface area contributed by atoms with Gasteiger partial charge in [-0.15, -0.1) is 0 Å². The smallest absolute Gasteiger partial charge is 0.306 e. The molecule has 14 heteroatoms. The van der Waals surface area contributed by atoms with Gasteiger partial charge in [0.25, 0.3) is 0 Å². The van der Waals surface area contributed by atoms with Crippen LogP contribution in [-0.4, -0.2) is 142 Å². The minimum Gasteiger partial charge on any atom is -0.457 e. The average molecular weight is 847 g/mol. The van der Waals surface area contributed by atoms with E-state index >= 15 is 0 Å². The normalized spacial score (nSPS) is 28.2. The van der Waals surface area contributed by atoms with Crippen molar-refractivity contribution in [1.29, 1.82) is 0 Å². The van der Waals surface area contributed by atoms with Gasteiger partial charge in [0.05, 0.1) is 26.4 Å². The average Bonchev–Trinajstić information content (AvgIpc) is 3.23. The number of unbranched alkanes of at least 4 members (excludes halogenated alkanes) is 17. The van der Waals surface area contributed by atoms with Crippen LogP contribution >= 0.6 is 0 Å². The first kappa shape index (κ1) is 53.6. The quantitative estimate of drug-likeness (QED) is 0.0246. The third-order valence-electron chi connectivity index (χ3n) is 10.9. The zero-order valence-corrected chi connectivity index (χ0v) is 36.2. The van der Waals surface area contributed by atoms with Gasteiger partial charge < -0.3 is 64.2 Å². The minimum absolute atomic E-state index is 0.0553. The molecule has 2 saturated heterocycles. The highest BCUT2D eigenvalue weighted by atomic mass is 16.7. The van der Waals surface area contributed by atoms with E-state index in [-0.39, 0.29) is 25.6 Å². The van der Waals surface area contributed by atoms with Crippen molar-refractivity contribution in [3.63, 3.8) is 0 Å². The van der Waals surface area contributed by atoms with Crippen molar-refractivity contribution in [1.82, 2.24) is 0 Å². The molecule has 0 aromatic heterocycles. The highest BCUT2D eigenvalue weighted by Gasteiger charge is 2.47. The van der Waals surface area contributed by atoms with Gasteiger partial charge in [-0.2, -0.15) is 0 Å². The minimum atomic E-state index is -1.71. The van der Waals surface area contributed by atoms with Crippen LogP contribution in [0.5, 0.6) is 0 Å². The zero-order chi connectivity index (χ0) is 43.1. The van der Waals surface area contributed by atoms with Crippen LogP contribution in [-0.2, 0) is 33.2 Å². The molecule has 346 valence electrons. The molecule has 11 unspecified atom stereocenters. The number of hydrogen-bond donors (Lipinski definition) is 7. The maximum absolute atomic E-state index is 12.9. The molecular formula is C45H82O14. The van der Waals surface area contributed by atoms with Crippen molar-refractivity contribution < 1.29 is 69.0 Å². The van der Waals surface area contributed by atoms with Gasteiger partial charge in [-0.1, -0.05) is 115 Å². The van der Waals surface area contributed by atoms with Crippen molar-refractivity contribution in [2.75, 3.05) is 33.0 Å². The Morgan fingerprint density at radius 3 is 1.61 bits per heavy atom. The van der Waals surface area contributed by atoms with Gasteiger partial charge in [0.1, 0.15) is 54.9 Å². The van der Waals surface area contributed by atoms with Gasteiger partial charge in [-0.25, -0.2) is 0 Å². The molecule has 0 saturated carbocycles. The fourth-order valence-electron chi connectivity index (χ4n) is 7.10. The molecule has 0 amide bonds. The van der Waals surface area contributed by atoms with E-state index in [1.54, 1.807) is 0 Å². The van der Waals surface area contributed by atoms with Crippen LogP contribution < -0.4 is 0 Å². The van der Waals surface area contributed by atoms with Crippen molar-refractivity contribution in [3.8, 4) is 0 Å². The molecule has 59 heavy (non-hydrogen) atoms. The summed E-state index contributed by atoms with van der Waals surface area (Å²) in [5, 5.41) is 71.8. The molecule has 14 nitrogen and oxygen atoms in total. The molecule has 7 N–H and O–H groups in total. The van der Waals surface area contributed by atoms with E-state index in [1.807, 2.05) is 0 Å². The number of esters is 1. The maximum Gasteiger partial charge on any atom is 0.306 e. The Hall–Kier alpha value is -1.53. The molecule has 2 fully saturated rings. The first-order chi connectivity index (χ1) is 28.6. The van der Waals surface area contributed by atoms with E-state index in [0.717, 1.165) is 70.6 Å². The SMILES string of the molecule is CCC/C=C\CCCCCCCCOCC(COC1OC(COC2OC(CO)C(O)C(O)C2O)C(O)C(O)C1O)OC(=O)CCCCCCC/C=C\CCCCCCC. The van der Waals surface area contributed by atoms with Crippen LogP contribution in [0.3, 0.4) is 0 Å². The zero-order valence-electron chi connectivity index (χ0n) is 36.2. The largest absolute Gasteiger partial charge is 0.457 e. The number of aliphatic hydroxyl groups is 7. The number of carbonyl (C=O) groups excluding carboxylic acids is 1. The second kappa shape index (κ2) is 34.0. The number of carbonyl (C=O) groups is 1. The molecule has 0 spiro atoms. The number of ether oxygens (including phenoxy) is 6. The molecule has 2 rings (SSSR count). The number of hydrogen-bond acceptors (Lipinski definition) is 14. The summed E-state index contributed by atoms with van der Waals surface area (Å²) in [5.74, 6) is -0.389. The summed E-state index contributed by atoms with van der Waals surface area (Å²) in [5.41, 5.74) is 0. The van der Waals surface area contributed by atoms with Crippen molar-refractivity contribution in [2.45, 2.75) is 223 Å². The van der Waals surface area contributed by atoms with E-state index in [9.17, 15) is 40.5 Å². The van der Waals surface area contributed by atoms with E-state index < -0.39 is 80.7 Å². The highest BCUT2D eigenvalue weighted by Crippen LogP contribution is 2.26. The van der Waals surface area contributed by atoms with Gasteiger partial charge in [0.15, 0.2) is 12.6 Å². The lowest BCUT2D eigenvalue weighted by Crippen LogP contribution is -2.61. The summed E-state index contributed by atoms with van der Waals surface area (Å²) in [6.07, 6.45) is 16.8. The summed E-state index contributed by atoms with van der Waals surface area (Å²) < 4.78 is 34.1. The molecule has 0 aromatic carbocycles. The Labute approximate surface area is 354 Å². The van der Waals surface area contributed by atoms with Gasteiger partial charge in [0, 0.05) is 13.0 Å². The topological polar surface area (TPSA) is 214 Å². The molecule has 2 aliphatic heterocycles. The third-order valence-corrected chi connectivity index (χ3v) is 10.9. The molecule has 0 aliphatic carbocycles. The number of aliphatic hydroxyl groups excluding tert-OH is 7. The van der Waals surface area contributed by atoms with E-state index in [0.29, 0.717) is 13.0 Å². The van der Waals surface area contributed by atoms with Crippen LogP contribution in [0.4, 0.5) is 0 Å².